The van der Waals surface area contributed by atoms with Gasteiger partial charge in [-0.2, -0.15) is 0 Å². The minimum absolute atomic E-state index is 0.297. The van der Waals surface area contributed by atoms with E-state index in [0.29, 0.717) is 38.1 Å². The van der Waals surface area contributed by atoms with Crippen molar-refractivity contribution in [2.75, 3.05) is 60.3 Å². The highest BCUT2D eigenvalue weighted by Crippen LogP contribution is 2.33. The summed E-state index contributed by atoms with van der Waals surface area (Å²) in [5, 5.41) is 10.4. The number of piperazine rings is 1. The molecule has 0 aliphatic carbocycles. The van der Waals surface area contributed by atoms with Crippen LogP contribution in [-0.2, 0) is 17.9 Å². The first-order chi connectivity index (χ1) is 15.6. The van der Waals surface area contributed by atoms with Crippen LogP contribution in [0.5, 0.6) is 23.0 Å². The zero-order valence-electron chi connectivity index (χ0n) is 18.8. The number of hydrogen-bond donors (Lipinski definition) is 1. The average Bonchev–Trinajstić information content (AvgIpc) is 3.28. The topological polar surface area (TPSA) is 72.9 Å². The fraction of sp³-hybridized carbons (Fsp3) is 0.500. The van der Waals surface area contributed by atoms with E-state index in [9.17, 15) is 5.11 Å². The van der Waals surface area contributed by atoms with Crippen molar-refractivity contribution in [2.24, 2.45) is 0 Å². The number of β-amino-alcohol motifs (C(OH)–C–C–N with tert-alkyl or cyclic N) is 1. The lowest BCUT2D eigenvalue weighted by Crippen LogP contribution is -2.48. The van der Waals surface area contributed by atoms with Crippen LogP contribution in [0.3, 0.4) is 0 Å². The third-order valence-corrected chi connectivity index (χ3v) is 5.80. The molecule has 0 aromatic heterocycles. The highest BCUT2D eigenvalue weighted by Gasteiger charge is 2.20. The monoisotopic (exact) mass is 444 g/mol. The Hall–Kier alpha value is -2.52. The lowest BCUT2D eigenvalue weighted by atomic mass is 10.1. The number of nitrogens with zero attached hydrogens (tertiary/aromatic N) is 2. The maximum Gasteiger partial charge on any atom is 0.231 e. The summed E-state index contributed by atoms with van der Waals surface area (Å²) in [6.07, 6.45) is -0.518. The van der Waals surface area contributed by atoms with Gasteiger partial charge >= 0.3 is 0 Å². The van der Waals surface area contributed by atoms with Crippen LogP contribution in [0.1, 0.15) is 11.1 Å². The SMILES string of the molecule is COc1ccc(COC[C@@H](O)CN2CCN(Cc3ccc4c(c3)OCO4)CC2)cc1OC. The minimum Gasteiger partial charge on any atom is -0.493 e. The maximum atomic E-state index is 10.4. The fourth-order valence-electron chi connectivity index (χ4n) is 4.06. The summed E-state index contributed by atoms with van der Waals surface area (Å²) in [6.45, 7) is 6.31. The van der Waals surface area contributed by atoms with Crippen molar-refractivity contribution in [1.82, 2.24) is 9.80 Å². The second-order valence-corrected chi connectivity index (χ2v) is 8.12. The first-order valence-electron chi connectivity index (χ1n) is 10.9. The van der Waals surface area contributed by atoms with Crippen molar-refractivity contribution in [3.63, 3.8) is 0 Å². The van der Waals surface area contributed by atoms with Gasteiger partial charge in [-0.3, -0.25) is 9.80 Å². The smallest absolute Gasteiger partial charge is 0.231 e. The summed E-state index contributed by atoms with van der Waals surface area (Å²) >= 11 is 0. The second kappa shape index (κ2) is 10.9. The third kappa shape index (κ3) is 5.83. The largest absolute Gasteiger partial charge is 0.493 e. The molecule has 1 fully saturated rings. The Labute approximate surface area is 189 Å². The number of rotatable bonds is 10. The minimum atomic E-state index is -0.518. The van der Waals surface area contributed by atoms with Crippen molar-refractivity contribution in [1.29, 1.82) is 0 Å². The molecule has 0 radical (unpaired) electrons. The molecule has 2 aromatic carbocycles. The van der Waals surface area contributed by atoms with Crippen LogP contribution in [0.4, 0.5) is 0 Å². The summed E-state index contributed by atoms with van der Waals surface area (Å²) in [5.41, 5.74) is 2.21. The Morgan fingerprint density at radius 3 is 2.38 bits per heavy atom. The van der Waals surface area contributed by atoms with E-state index in [4.69, 9.17) is 23.7 Å². The highest BCUT2D eigenvalue weighted by molar-refractivity contribution is 5.44. The molecule has 2 aliphatic rings. The normalized spacial score (nSPS) is 17.3. The molecule has 2 aromatic rings. The van der Waals surface area contributed by atoms with E-state index in [2.05, 4.69) is 21.9 Å². The van der Waals surface area contributed by atoms with Gasteiger partial charge in [-0.05, 0) is 35.4 Å². The molecule has 1 saturated heterocycles. The molecule has 0 saturated carbocycles. The van der Waals surface area contributed by atoms with E-state index in [1.54, 1.807) is 14.2 Å². The predicted molar refractivity (Wildman–Crippen MR) is 119 cm³/mol. The standard InChI is InChI=1S/C24H32N2O6/c1-28-21-5-4-19(12-23(21)29-2)15-30-16-20(27)14-26-9-7-25(8-10-26)13-18-3-6-22-24(11-18)32-17-31-22/h3-6,11-12,20,27H,7-10,13-17H2,1-2H3/t20-/m0/s1. The van der Waals surface area contributed by atoms with Crippen molar-refractivity contribution >= 4 is 0 Å². The zero-order chi connectivity index (χ0) is 22.3. The predicted octanol–water partition coefficient (Wildman–Crippen LogP) is 2.13. The Kier molecular flexibility index (Phi) is 7.70. The zero-order valence-corrected chi connectivity index (χ0v) is 18.8. The fourth-order valence-corrected chi connectivity index (χ4v) is 4.06. The van der Waals surface area contributed by atoms with Crippen molar-refractivity contribution in [3.8, 4) is 23.0 Å². The van der Waals surface area contributed by atoms with Gasteiger partial charge < -0.3 is 28.8 Å². The Bertz CT molecular complexity index is 885. The molecule has 8 nitrogen and oxygen atoms in total. The van der Waals surface area contributed by atoms with Gasteiger partial charge in [0, 0.05) is 39.3 Å². The number of hydrogen-bond acceptors (Lipinski definition) is 8. The third-order valence-electron chi connectivity index (χ3n) is 5.80. The molecule has 0 spiro atoms. The van der Waals surface area contributed by atoms with Crippen molar-refractivity contribution in [2.45, 2.75) is 19.3 Å². The van der Waals surface area contributed by atoms with E-state index >= 15 is 0 Å². The molecule has 0 amide bonds. The molecule has 1 atom stereocenters. The summed E-state index contributed by atoms with van der Waals surface area (Å²) in [5.74, 6) is 3.01. The molecule has 0 unspecified atom stereocenters. The van der Waals surface area contributed by atoms with Crippen LogP contribution in [-0.4, -0.2) is 81.4 Å². The second-order valence-electron chi connectivity index (χ2n) is 8.12. The summed E-state index contributed by atoms with van der Waals surface area (Å²) < 4.78 is 27.1. The summed E-state index contributed by atoms with van der Waals surface area (Å²) in [4.78, 5) is 4.72. The number of benzene rings is 2. The number of aliphatic hydroxyl groups excluding tert-OH is 1. The van der Waals surface area contributed by atoms with Crippen LogP contribution in [0, 0.1) is 0 Å². The molecule has 1 N–H and O–H groups in total. The number of methoxy groups -OCH3 is 2. The number of aliphatic hydroxyl groups is 1. The molecule has 0 bridgehead atoms. The Balaban J connectivity index is 1.15. The van der Waals surface area contributed by atoms with Crippen LogP contribution in [0.15, 0.2) is 36.4 Å². The first kappa shape index (κ1) is 22.7. The molecule has 4 rings (SSSR count). The van der Waals surface area contributed by atoms with Crippen LogP contribution in [0.2, 0.25) is 0 Å². The van der Waals surface area contributed by atoms with E-state index in [1.165, 1.54) is 5.56 Å². The lowest BCUT2D eigenvalue weighted by molar-refractivity contribution is 0.000837. The van der Waals surface area contributed by atoms with Crippen LogP contribution in [0.25, 0.3) is 0 Å². The quantitative estimate of drug-likeness (QED) is 0.598. The van der Waals surface area contributed by atoms with Crippen LogP contribution < -0.4 is 18.9 Å². The average molecular weight is 445 g/mol. The van der Waals surface area contributed by atoms with Crippen molar-refractivity contribution < 1.29 is 28.8 Å². The molecule has 2 aliphatic heterocycles. The van der Waals surface area contributed by atoms with Crippen molar-refractivity contribution in [3.05, 3.63) is 47.5 Å². The van der Waals surface area contributed by atoms with Gasteiger partial charge in [-0.1, -0.05) is 12.1 Å². The van der Waals surface area contributed by atoms with Gasteiger partial charge in [-0.15, -0.1) is 0 Å². The molecular weight excluding hydrogens is 412 g/mol. The molecule has 8 heteroatoms. The first-order valence-corrected chi connectivity index (χ1v) is 10.9. The molecule has 32 heavy (non-hydrogen) atoms. The summed E-state index contributed by atoms with van der Waals surface area (Å²) in [6, 6.07) is 11.8. The Morgan fingerprint density at radius 1 is 0.875 bits per heavy atom. The number of ether oxygens (including phenoxy) is 5. The highest BCUT2D eigenvalue weighted by atomic mass is 16.7. The van der Waals surface area contributed by atoms with Crippen LogP contribution >= 0.6 is 0 Å². The Morgan fingerprint density at radius 2 is 1.59 bits per heavy atom. The van der Waals surface area contributed by atoms with E-state index in [0.717, 1.165) is 49.8 Å². The van der Waals surface area contributed by atoms with E-state index < -0.39 is 6.10 Å². The van der Waals surface area contributed by atoms with Gasteiger partial charge in [0.15, 0.2) is 23.0 Å². The molecular formula is C24H32N2O6. The molecule has 174 valence electrons. The number of fused-ring (bicyclic) bond motifs is 1. The van der Waals surface area contributed by atoms with Gasteiger partial charge in [0.1, 0.15) is 0 Å². The van der Waals surface area contributed by atoms with Gasteiger partial charge in [-0.25, -0.2) is 0 Å². The van der Waals surface area contributed by atoms with Gasteiger partial charge in [0.25, 0.3) is 0 Å². The van der Waals surface area contributed by atoms with E-state index in [1.807, 2.05) is 24.3 Å². The van der Waals surface area contributed by atoms with E-state index in [-0.39, 0.29) is 0 Å². The van der Waals surface area contributed by atoms with Gasteiger partial charge in [0.2, 0.25) is 6.79 Å². The summed E-state index contributed by atoms with van der Waals surface area (Å²) in [7, 11) is 3.22. The molecule has 2 heterocycles. The lowest BCUT2D eigenvalue weighted by Gasteiger charge is -2.35. The maximum absolute atomic E-state index is 10.4. The van der Waals surface area contributed by atoms with Gasteiger partial charge in [0.05, 0.1) is 33.5 Å².